The molecule has 33 heavy (non-hydrogen) atoms. The van der Waals surface area contributed by atoms with Gasteiger partial charge < -0.3 is 14.0 Å². The summed E-state index contributed by atoms with van der Waals surface area (Å²) < 4.78 is 14.0. The van der Waals surface area contributed by atoms with Crippen LogP contribution in [-0.4, -0.2) is 38.6 Å². The molecule has 0 fully saturated rings. The molecular formula is C25H23N5O3. The third-order valence-corrected chi connectivity index (χ3v) is 5.78. The van der Waals surface area contributed by atoms with Gasteiger partial charge in [0.15, 0.2) is 22.7 Å². The van der Waals surface area contributed by atoms with E-state index >= 15 is 0 Å². The second kappa shape index (κ2) is 8.38. The number of benzene rings is 2. The van der Waals surface area contributed by atoms with Crippen LogP contribution in [0.3, 0.4) is 0 Å². The van der Waals surface area contributed by atoms with Crippen molar-refractivity contribution in [1.29, 1.82) is 0 Å². The summed E-state index contributed by atoms with van der Waals surface area (Å²) in [5, 5.41) is 13.3. The SMILES string of the molecule is COc1ccc(CCn2ccc3c(nnc4c(-c5ccccc5)c(C)nn43)c2=O)cc1OC. The lowest BCUT2D eigenvalue weighted by atomic mass is 10.1. The minimum Gasteiger partial charge on any atom is -0.493 e. The van der Waals surface area contributed by atoms with E-state index in [2.05, 4.69) is 15.3 Å². The molecule has 0 saturated heterocycles. The number of methoxy groups -OCH3 is 2. The van der Waals surface area contributed by atoms with Gasteiger partial charge in [0.2, 0.25) is 0 Å². The fourth-order valence-electron chi connectivity index (χ4n) is 4.10. The number of nitrogens with zero attached hydrogens (tertiary/aromatic N) is 5. The van der Waals surface area contributed by atoms with Crippen molar-refractivity contribution in [3.8, 4) is 22.6 Å². The van der Waals surface area contributed by atoms with Gasteiger partial charge in [-0.05, 0) is 42.7 Å². The van der Waals surface area contributed by atoms with Crippen molar-refractivity contribution in [2.45, 2.75) is 19.9 Å². The molecule has 3 aromatic heterocycles. The molecule has 0 N–H and O–H groups in total. The van der Waals surface area contributed by atoms with E-state index in [-0.39, 0.29) is 5.56 Å². The van der Waals surface area contributed by atoms with E-state index in [9.17, 15) is 4.79 Å². The molecule has 8 nitrogen and oxygen atoms in total. The topological polar surface area (TPSA) is 83.5 Å². The molecule has 0 unspecified atom stereocenters. The lowest BCUT2D eigenvalue weighted by molar-refractivity contribution is 0.354. The predicted molar refractivity (Wildman–Crippen MR) is 126 cm³/mol. The van der Waals surface area contributed by atoms with Gasteiger partial charge in [0.05, 0.1) is 25.5 Å². The largest absolute Gasteiger partial charge is 0.493 e. The molecule has 8 heteroatoms. The Morgan fingerprint density at radius 3 is 2.48 bits per heavy atom. The number of ether oxygens (including phenoxy) is 2. The molecule has 5 aromatic rings. The van der Waals surface area contributed by atoms with Gasteiger partial charge in [-0.2, -0.15) is 5.10 Å². The second-order valence-electron chi connectivity index (χ2n) is 7.75. The van der Waals surface area contributed by atoms with Crippen LogP contribution in [-0.2, 0) is 13.0 Å². The number of hydrogen-bond acceptors (Lipinski definition) is 6. The highest BCUT2D eigenvalue weighted by Gasteiger charge is 2.17. The van der Waals surface area contributed by atoms with E-state index in [0.717, 1.165) is 22.4 Å². The van der Waals surface area contributed by atoms with Gasteiger partial charge in [0, 0.05) is 12.7 Å². The Balaban J connectivity index is 1.51. The molecule has 2 aromatic carbocycles. The molecule has 0 spiro atoms. The number of hydrogen-bond donors (Lipinski definition) is 0. The average Bonchev–Trinajstić information content (AvgIpc) is 3.20. The molecule has 0 aliphatic heterocycles. The van der Waals surface area contributed by atoms with Gasteiger partial charge in [0.1, 0.15) is 5.52 Å². The molecular weight excluding hydrogens is 418 g/mol. The standard InChI is InChI=1S/C25H23N5O3/c1-16-22(18-7-5-4-6-8-18)24-27-26-23-19(30(24)28-16)12-14-29(25(23)31)13-11-17-9-10-20(32-2)21(15-17)33-3/h4-10,12,14-15H,11,13H2,1-3H3. The smallest absolute Gasteiger partial charge is 0.280 e. The molecule has 166 valence electrons. The fraction of sp³-hybridized carbons (Fsp3) is 0.200. The van der Waals surface area contributed by atoms with Crippen LogP contribution in [0.25, 0.3) is 27.8 Å². The Morgan fingerprint density at radius 1 is 0.939 bits per heavy atom. The Labute approximate surface area is 190 Å². The van der Waals surface area contributed by atoms with Crippen molar-refractivity contribution >= 4 is 16.7 Å². The zero-order valence-corrected chi connectivity index (χ0v) is 18.6. The molecule has 0 amide bonds. The Kier molecular flexibility index (Phi) is 5.26. The molecule has 0 bridgehead atoms. The zero-order valence-electron chi connectivity index (χ0n) is 18.6. The second-order valence-corrected chi connectivity index (χ2v) is 7.75. The van der Waals surface area contributed by atoms with Crippen molar-refractivity contribution < 1.29 is 9.47 Å². The normalized spacial score (nSPS) is 11.2. The van der Waals surface area contributed by atoms with E-state index in [1.165, 1.54) is 0 Å². The van der Waals surface area contributed by atoms with E-state index in [1.807, 2.05) is 61.5 Å². The molecule has 3 heterocycles. The van der Waals surface area contributed by atoms with Gasteiger partial charge in [-0.25, -0.2) is 4.52 Å². The highest BCUT2D eigenvalue weighted by molar-refractivity contribution is 5.84. The van der Waals surface area contributed by atoms with Gasteiger partial charge in [-0.3, -0.25) is 4.79 Å². The molecule has 0 saturated carbocycles. The van der Waals surface area contributed by atoms with Crippen molar-refractivity contribution in [2.24, 2.45) is 0 Å². The van der Waals surface area contributed by atoms with Crippen LogP contribution in [0.1, 0.15) is 11.3 Å². The van der Waals surface area contributed by atoms with Crippen LogP contribution in [0.4, 0.5) is 0 Å². The van der Waals surface area contributed by atoms with E-state index in [4.69, 9.17) is 9.47 Å². The predicted octanol–water partition coefficient (Wildman–Crippen LogP) is 3.67. The third kappa shape index (κ3) is 3.59. The maximum atomic E-state index is 13.2. The molecule has 0 atom stereocenters. The minimum atomic E-state index is -0.197. The van der Waals surface area contributed by atoms with Crippen molar-refractivity contribution in [1.82, 2.24) is 24.4 Å². The Morgan fingerprint density at radius 2 is 1.73 bits per heavy atom. The number of fused-ring (bicyclic) bond motifs is 3. The van der Waals surface area contributed by atoms with E-state index in [1.54, 1.807) is 29.5 Å². The van der Waals surface area contributed by atoms with Crippen LogP contribution in [0.15, 0.2) is 65.6 Å². The Hall–Kier alpha value is -4.20. The van der Waals surface area contributed by atoms with Gasteiger partial charge in [-0.15, -0.1) is 10.2 Å². The lowest BCUT2D eigenvalue weighted by Gasteiger charge is -2.11. The van der Waals surface area contributed by atoms with Crippen LogP contribution < -0.4 is 15.0 Å². The summed E-state index contributed by atoms with van der Waals surface area (Å²) in [5.74, 6) is 1.34. The van der Waals surface area contributed by atoms with Gasteiger partial charge in [0.25, 0.3) is 5.56 Å². The highest BCUT2D eigenvalue weighted by atomic mass is 16.5. The maximum absolute atomic E-state index is 13.2. The summed E-state index contributed by atoms with van der Waals surface area (Å²) in [6.07, 6.45) is 2.44. The molecule has 5 rings (SSSR count). The minimum absolute atomic E-state index is 0.197. The summed E-state index contributed by atoms with van der Waals surface area (Å²) in [6.45, 7) is 2.44. The van der Waals surface area contributed by atoms with Crippen LogP contribution in [0, 0.1) is 6.92 Å². The molecule has 0 radical (unpaired) electrons. The quantitative estimate of drug-likeness (QED) is 0.400. The summed E-state index contributed by atoms with van der Waals surface area (Å²) in [6, 6.07) is 17.6. The highest BCUT2D eigenvalue weighted by Crippen LogP contribution is 2.29. The summed E-state index contributed by atoms with van der Waals surface area (Å²) >= 11 is 0. The number of rotatable bonds is 6. The third-order valence-electron chi connectivity index (χ3n) is 5.78. The first-order valence-electron chi connectivity index (χ1n) is 10.6. The first kappa shape index (κ1) is 20.7. The maximum Gasteiger partial charge on any atom is 0.280 e. The first-order valence-corrected chi connectivity index (χ1v) is 10.6. The average molecular weight is 441 g/mol. The zero-order chi connectivity index (χ0) is 22.9. The lowest BCUT2D eigenvalue weighted by Crippen LogP contribution is -2.22. The number of pyridine rings is 1. The summed E-state index contributed by atoms with van der Waals surface area (Å²) in [7, 11) is 3.21. The molecule has 0 aliphatic carbocycles. The van der Waals surface area contributed by atoms with Gasteiger partial charge >= 0.3 is 0 Å². The van der Waals surface area contributed by atoms with E-state index < -0.39 is 0 Å². The van der Waals surface area contributed by atoms with Crippen molar-refractivity contribution in [3.63, 3.8) is 0 Å². The van der Waals surface area contributed by atoms with Crippen molar-refractivity contribution in [3.05, 3.63) is 82.4 Å². The summed E-state index contributed by atoms with van der Waals surface area (Å²) in [4.78, 5) is 13.2. The monoisotopic (exact) mass is 441 g/mol. The molecule has 0 aliphatic rings. The van der Waals surface area contributed by atoms with Crippen LogP contribution in [0.5, 0.6) is 11.5 Å². The summed E-state index contributed by atoms with van der Waals surface area (Å²) in [5.41, 5.74) is 5.17. The van der Waals surface area contributed by atoms with E-state index in [0.29, 0.717) is 41.1 Å². The Bertz CT molecular complexity index is 1520. The fourth-order valence-corrected chi connectivity index (χ4v) is 4.10. The van der Waals surface area contributed by atoms with Crippen LogP contribution >= 0.6 is 0 Å². The first-order chi connectivity index (χ1) is 16.1. The van der Waals surface area contributed by atoms with Gasteiger partial charge in [-0.1, -0.05) is 36.4 Å². The number of aromatic nitrogens is 5. The van der Waals surface area contributed by atoms with Crippen LogP contribution in [0.2, 0.25) is 0 Å². The van der Waals surface area contributed by atoms with Crippen molar-refractivity contribution in [2.75, 3.05) is 14.2 Å². The number of aryl methyl sites for hydroxylation is 3.